The number of hydrogen-bond donors (Lipinski definition) is 2. The molecular weight excluding hydrogens is 302 g/mol. The second-order valence-corrected chi connectivity index (χ2v) is 5.96. The van der Waals surface area contributed by atoms with Crippen LogP contribution in [-0.2, 0) is 16.1 Å². The molecule has 2 aromatic rings. The van der Waals surface area contributed by atoms with Gasteiger partial charge in [0, 0.05) is 17.6 Å². The van der Waals surface area contributed by atoms with Gasteiger partial charge in [0.15, 0.2) is 0 Å². The molecule has 0 bridgehead atoms. The summed E-state index contributed by atoms with van der Waals surface area (Å²) in [6, 6.07) is 3.28. The Morgan fingerprint density at radius 2 is 2.04 bits per heavy atom. The monoisotopic (exact) mass is 321 g/mol. The molecule has 1 aromatic heterocycles. The molecule has 0 saturated carbocycles. The first-order valence-electron chi connectivity index (χ1n) is 6.95. The number of carboxylic acid groups (broad SMARTS) is 1. The number of ether oxygens (including phenoxy) is 2. The van der Waals surface area contributed by atoms with Gasteiger partial charge in [-0.05, 0) is 26.8 Å². The van der Waals surface area contributed by atoms with Crippen molar-refractivity contribution in [3.63, 3.8) is 0 Å². The highest BCUT2D eigenvalue weighted by Gasteiger charge is 2.18. The largest absolute Gasteiger partial charge is 0.494 e. The zero-order valence-electron chi connectivity index (χ0n) is 13.4. The van der Waals surface area contributed by atoms with Crippen LogP contribution in [0.25, 0.3) is 10.9 Å². The predicted molar refractivity (Wildman–Crippen MR) is 83.8 cm³/mol. The molecule has 0 saturated heterocycles. The fourth-order valence-electron chi connectivity index (χ4n) is 2.00. The van der Waals surface area contributed by atoms with Gasteiger partial charge in [-0.1, -0.05) is 0 Å². The summed E-state index contributed by atoms with van der Waals surface area (Å²) in [5.41, 5.74) is 0.371. The maximum atomic E-state index is 11.9. The smallest absolute Gasteiger partial charge is 0.412 e. The number of amides is 1. The van der Waals surface area contributed by atoms with Crippen molar-refractivity contribution in [1.29, 1.82) is 0 Å². The minimum Gasteiger partial charge on any atom is -0.494 e. The van der Waals surface area contributed by atoms with E-state index < -0.39 is 17.7 Å². The fraction of sp³-hybridized carbons (Fsp3) is 0.400. The SMILES string of the molecule is COc1cc2nn(CC(=O)O)cc2cc1NC(=O)OC(C)(C)C. The van der Waals surface area contributed by atoms with Gasteiger partial charge in [0.1, 0.15) is 17.9 Å². The van der Waals surface area contributed by atoms with Crippen LogP contribution in [0.3, 0.4) is 0 Å². The average molecular weight is 321 g/mol. The molecule has 1 amide bonds. The van der Waals surface area contributed by atoms with E-state index in [0.29, 0.717) is 22.3 Å². The van der Waals surface area contributed by atoms with Crippen LogP contribution < -0.4 is 10.1 Å². The van der Waals surface area contributed by atoms with Gasteiger partial charge in [-0.3, -0.25) is 14.8 Å². The van der Waals surface area contributed by atoms with E-state index >= 15 is 0 Å². The molecule has 0 fully saturated rings. The van der Waals surface area contributed by atoms with Gasteiger partial charge in [-0.15, -0.1) is 0 Å². The highest BCUT2D eigenvalue weighted by molar-refractivity contribution is 5.93. The number of aliphatic carboxylic acids is 1. The van der Waals surface area contributed by atoms with Crippen molar-refractivity contribution in [2.45, 2.75) is 32.9 Å². The van der Waals surface area contributed by atoms with Crippen LogP contribution in [-0.4, -0.2) is 39.7 Å². The number of hydrogen-bond acceptors (Lipinski definition) is 5. The van der Waals surface area contributed by atoms with Gasteiger partial charge in [0.25, 0.3) is 0 Å². The van der Waals surface area contributed by atoms with Crippen LogP contribution in [0.1, 0.15) is 20.8 Å². The number of carbonyl (C=O) groups excluding carboxylic acids is 1. The Kier molecular flexibility index (Phi) is 4.44. The van der Waals surface area contributed by atoms with Crippen LogP contribution >= 0.6 is 0 Å². The minimum absolute atomic E-state index is 0.244. The van der Waals surface area contributed by atoms with E-state index in [4.69, 9.17) is 14.6 Å². The van der Waals surface area contributed by atoms with E-state index in [-0.39, 0.29) is 6.54 Å². The molecule has 0 spiro atoms. The minimum atomic E-state index is -0.989. The van der Waals surface area contributed by atoms with Crippen molar-refractivity contribution in [1.82, 2.24) is 9.78 Å². The van der Waals surface area contributed by atoms with Crippen LogP contribution in [0.2, 0.25) is 0 Å². The van der Waals surface area contributed by atoms with Crippen molar-refractivity contribution >= 4 is 28.7 Å². The molecule has 0 aliphatic rings. The molecular formula is C15H19N3O5. The second-order valence-electron chi connectivity index (χ2n) is 5.96. The summed E-state index contributed by atoms with van der Waals surface area (Å²) in [7, 11) is 1.47. The maximum Gasteiger partial charge on any atom is 0.412 e. The molecule has 124 valence electrons. The third-order valence-electron chi connectivity index (χ3n) is 2.81. The molecule has 0 unspecified atom stereocenters. The Morgan fingerprint density at radius 1 is 1.35 bits per heavy atom. The Labute approximate surface area is 133 Å². The van der Waals surface area contributed by atoms with Crippen molar-refractivity contribution in [2.24, 2.45) is 0 Å². The number of methoxy groups -OCH3 is 1. The third kappa shape index (κ3) is 4.35. The van der Waals surface area contributed by atoms with E-state index in [9.17, 15) is 9.59 Å². The van der Waals surface area contributed by atoms with Crippen LogP contribution in [0, 0.1) is 0 Å². The summed E-state index contributed by atoms with van der Waals surface area (Å²) in [4.78, 5) is 22.7. The van der Waals surface area contributed by atoms with Crippen LogP contribution in [0.5, 0.6) is 5.75 Å². The highest BCUT2D eigenvalue weighted by atomic mass is 16.6. The summed E-state index contributed by atoms with van der Waals surface area (Å²) in [5, 5.41) is 16.3. The Morgan fingerprint density at radius 3 is 2.61 bits per heavy atom. The fourth-order valence-corrected chi connectivity index (χ4v) is 2.00. The van der Waals surface area contributed by atoms with E-state index in [2.05, 4.69) is 10.4 Å². The summed E-state index contributed by atoms with van der Waals surface area (Å²) in [5.74, 6) is -0.583. The topological polar surface area (TPSA) is 103 Å². The molecule has 0 radical (unpaired) electrons. The van der Waals surface area contributed by atoms with E-state index in [1.807, 2.05) is 0 Å². The summed E-state index contributed by atoms with van der Waals surface area (Å²) in [6.07, 6.45) is 0.983. The zero-order valence-corrected chi connectivity index (χ0v) is 13.4. The number of nitrogens with zero attached hydrogens (tertiary/aromatic N) is 2. The maximum absolute atomic E-state index is 11.9. The first-order chi connectivity index (χ1) is 10.7. The summed E-state index contributed by atoms with van der Waals surface area (Å²) in [6.45, 7) is 5.06. The number of benzene rings is 1. The second kappa shape index (κ2) is 6.15. The Bertz CT molecular complexity index is 745. The number of fused-ring (bicyclic) bond motifs is 1. The number of carbonyl (C=O) groups is 2. The lowest BCUT2D eigenvalue weighted by Gasteiger charge is -2.20. The number of nitrogens with one attached hydrogen (secondary N) is 1. The lowest BCUT2D eigenvalue weighted by Crippen LogP contribution is -2.27. The number of aromatic nitrogens is 2. The zero-order chi connectivity index (χ0) is 17.2. The van der Waals surface area contributed by atoms with Gasteiger partial charge in [0.2, 0.25) is 0 Å². The van der Waals surface area contributed by atoms with Crippen molar-refractivity contribution in [3.8, 4) is 5.75 Å². The number of anilines is 1. The predicted octanol–water partition coefficient (Wildman–Crippen LogP) is 2.48. The molecule has 1 heterocycles. The van der Waals surface area contributed by atoms with E-state index in [1.54, 1.807) is 39.1 Å². The molecule has 0 aliphatic heterocycles. The molecule has 23 heavy (non-hydrogen) atoms. The van der Waals surface area contributed by atoms with Gasteiger partial charge >= 0.3 is 12.1 Å². The van der Waals surface area contributed by atoms with E-state index in [1.165, 1.54) is 11.8 Å². The first kappa shape index (κ1) is 16.6. The summed E-state index contributed by atoms with van der Waals surface area (Å²) < 4.78 is 11.8. The molecule has 2 N–H and O–H groups in total. The van der Waals surface area contributed by atoms with Crippen molar-refractivity contribution in [2.75, 3.05) is 12.4 Å². The van der Waals surface area contributed by atoms with E-state index in [0.717, 1.165) is 0 Å². The van der Waals surface area contributed by atoms with Gasteiger partial charge in [-0.2, -0.15) is 5.10 Å². The molecule has 0 atom stereocenters. The molecule has 1 aromatic carbocycles. The van der Waals surface area contributed by atoms with Crippen LogP contribution in [0.15, 0.2) is 18.3 Å². The van der Waals surface area contributed by atoms with Gasteiger partial charge in [-0.25, -0.2) is 4.79 Å². The normalized spacial score (nSPS) is 11.3. The number of rotatable bonds is 4. The molecule has 0 aliphatic carbocycles. The molecule has 8 nitrogen and oxygen atoms in total. The van der Waals surface area contributed by atoms with Crippen LogP contribution in [0.4, 0.5) is 10.5 Å². The molecule has 2 rings (SSSR count). The lowest BCUT2D eigenvalue weighted by molar-refractivity contribution is -0.137. The van der Waals surface area contributed by atoms with Gasteiger partial charge < -0.3 is 14.6 Å². The lowest BCUT2D eigenvalue weighted by atomic mass is 10.2. The van der Waals surface area contributed by atoms with Gasteiger partial charge in [0.05, 0.1) is 18.3 Å². The summed E-state index contributed by atoms with van der Waals surface area (Å²) >= 11 is 0. The van der Waals surface area contributed by atoms with Crippen molar-refractivity contribution in [3.05, 3.63) is 18.3 Å². The number of carboxylic acids is 1. The molecule has 8 heteroatoms. The Hall–Kier alpha value is -2.77. The standard InChI is InChI=1S/C15H19N3O5/c1-15(2,3)23-14(21)16-11-5-9-7-18(8-13(19)20)17-10(9)6-12(11)22-4/h5-7H,8H2,1-4H3,(H,16,21)(H,19,20). The van der Waals surface area contributed by atoms with Crippen molar-refractivity contribution < 1.29 is 24.2 Å². The average Bonchev–Trinajstić information content (AvgIpc) is 2.75. The Balaban J connectivity index is 2.31. The first-order valence-corrected chi connectivity index (χ1v) is 6.95. The quantitative estimate of drug-likeness (QED) is 0.897. The highest BCUT2D eigenvalue weighted by Crippen LogP contribution is 2.30. The third-order valence-corrected chi connectivity index (χ3v) is 2.81.